The smallest absolute Gasteiger partial charge is 0.152 e. The third kappa shape index (κ3) is 3.71. The third-order valence-corrected chi connectivity index (χ3v) is 6.13. The number of benzene rings is 2. The maximum atomic E-state index is 13.5. The molecule has 170 valence electrons. The number of aryl methyl sites for hydroxylation is 1. The predicted molar refractivity (Wildman–Crippen MR) is 123 cm³/mol. The van der Waals surface area contributed by atoms with Crippen LogP contribution in [-0.4, -0.2) is 52.4 Å². The first-order chi connectivity index (χ1) is 16.0. The summed E-state index contributed by atoms with van der Waals surface area (Å²) in [6.45, 7) is 2.52. The minimum absolute atomic E-state index is 0.203. The van der Waals surface area contributed by atoms with Crippen LogP contribution >= 0.6 is 0 Å². The highest BCUT2D eigenvalue weighted by Gasteiger charge is 2.47. The zero-order valence-corrected chi connectivity index (χ0v) is 18.5. The van der Waals surface area contributed by atoms with E-state index in [1.54, 1.807) is 30.6 Å². The second kappa shape index (κ2) is 8.46. The molecule has 5 rings (SSSR count). The van der Waals surface area contributed by atoms with E-state index < -0.39 is 5.54 Å². The number of aliphatic hydroxyl groups is 1. The van der Waals surface area contributed by atoms with E-state index in [9.17, 15) is 9.50 Å². The summed E-state index contributed by atoms with van der Waals surface area (Å²) in [5.74, 6) is 1.09. The van der Waals surface area contributed by atoms with E-state index in [0.29, 0.717) is 25.4 Å². The summed E-state index contributed by atoms with van der Waals surface area (Å²) >= 11 is 0. The second-order valence-electron chi connectivity index (χ2n) is 8.24. The maximum Gasteiger partial charge on any atom is 0.152 e. The molecule has 0 radical (unpaired) electrons. The number of imidazole rings is 1. The molecule has 8 heteroatoms. The number of halogens is 1. The molecule has 1 aromatic heterocycles. The van der Waals surface area contributed by atoms with Crippen LogP contribution in [0.1, 0.15) is 23.2 Å². The Kier molecular flexibility index (Phi) is 5.47. The highest BCUT2D eigenvalue weighted by molar-refractivity contribution is 6.03. The number of amidine groups is 1. The highest BCUT2D eigenvalue weighted by atomic mass is 19.1. The Balaban J connectivity index is 1.47. The van der Waals surface area contributed by atoms with Crippen molar-refractivity contribution in [2.24, 2.45) is 4.99 Å². The SMILES string of the molecule is COc1cc(/C=C2\CCON3C2=NCC3(CO)c2ccc(F)cc2)ccc1-n1cnc(C)c1. The number of nitrogens with zero attached hydrogens (tertiary/aromatic N) is 4. The van der Waals surface area contributed by atoms with E-state index in [4.69, 9.17) is 14.6 Å². The zero-order chi connectivity index (χ0) is 23.0. The number of hydrogen-bond acceptors (Lipinski definition) is 6. The second-order valence-corrected chi connectivity index (χ2v) is 8.24. The molecule has 3 heterocycles. The summed E-state index contributed by atoms with van der Waals surface area (Å²) < 4.78 is 21.0. The van der Waals surface area contributed by atoms with Crippen LogP contribution in [0.3, 0.4) is 0 Å². The van der Waals surface area contributed by atoms with E-state index in [1.165, 1.54) is 12.1 Å². The fourth-order valence-electron chi connectivity index (χ4n) is 4.37. The van der Waals surface area contributed by atoms with E-state index in [1.807, 2.05) is 35.9 Å². The van der Waals surface area contributed by atoms with Gasteiger partial charge in [0.2, 0.25) is 0 Å². The lowest BCUT2D eigenvalue weighted by atomic mass is 9.90. The van der Waals surface area contributed by atoms with E-state index in [0.717, 1.165) is 33.8 Å². The highest BCUT2D eigenvalue weighted by Crippen LogP contribution is 2.39. The van der Waals surface area contributed by atoms with Crippen molar-refractivity contribution < 1.29 is 19.1 Å². The van der Waals surface area contributed by atoms with Crippen LogP contribution in [-0.2, 0) is 10.4 Å². The van der Waals surface area contributed by atoms with Crippen molar-refractivity contribution >= 4 is 11.9 Å². The summed E-state index contributed by atoms with van der Waals surface area (Å²) in [6.07, 6.45) is 6.46. The first kappa shape index (κ1) is 21.4. The van der Waals surface area contributed by atoms with Crippen LogP contribution in [0.25, 0.3) is 11.8 Å². The van der Waals surface area contributed by atoms with Crippen molar-refractivity contribution in [1.82, 2.24) is 14.6 Å². The lowest BCUT2D eigenvalue weighted by Gasteiger charge is -2.40. The number of fused-ring (bicyclic) bond motifs is 1. The molecular formula is C25H25FN4O3. The third-order valence-electron chi connectivity index (χ3n) is 6.13. The van der Waals surface area contributed by atoms with Crippen molar-refractivity contribution in [1.29, 1.82) is 0 Å². The monoisotopic (exact) mass is 448 g/mol. The minimum atomic E-state index is -0.872. The van der Waals surface area contributed by atoms with Gasteiger partial charge in [0.1, 0.15) is 17.1 Å². The zero-order valence-electron chi connectivity index (χ0n) is 18.5. The molecule has 0 amide bonds. The Hall–Kier alpha value is -3.49. The lowest BCUT2D eigenvalue weighted by Crippen LogP contribution is -2.51. The molecule has 1 N–H and O–H groups in total. The molecule has 2 aromatic carbocycles. The van der Waals surface area contributed by atoms with Crippen molar-refractivity contribution in [3.05, 3.63) is 83.2 Å². The molecule has 33 heavy (non-hydrogen) atoms. The summed E-state index contributed by atoms with van der Waals surface area (Å²) in [5, 5.41) is 12.0. The van der Waals surface area contributed by atoms with Gasteiger partial charge in [0.25, 0.3) is 0 Å². The van der Waals surface area contributed by atoms with Crippen LogP contribution in [0.4, 0.5) is 4.39 Å². The number of rotatable bonds is 5. The van der Waals surface area contributed by atoms with Gasteiger partial charge in [0.05, 0.1) is 44.6 Å². The largest absolute Gasteiger partial charge is 0.495 e. The van der Waals surface area contributed by atoms with Crippen molar-refractivity contribution in [2.45, 2.75) is 18.9 Å². The standard InChI is InChI=1S/C25H25FN4O3/c1-17-13-29(16-28-17)22-8-3-18(12-23(22)32-2)11-19-9-10-33-30-24(19)27-14-25(30,15-31)20-4-6-21(26)7-5-20/h3-8,11-13,16,31H,9-10,14-15H2,1-2H3/b19-11+. The average molecular weight is 448 g/mol. The molecule has 2 aliphatic rings. The first-order valence-electron chi connectivity index (χ1n) is 10.8. The molecule has 0 saturated carbocycles. The fourth-order valence-corrected chi connectivity index (χ4v) is 4.37. The average Bonchev–Trinajstić information content (AvgIpc) is 3.44. The van der Waals surface area contributed by atoms with Crippen molar-refractivity contribution in [3.63, 3.8) is 0 Å². The Morgan fingerprint density at radius 3 is 2.76 bits per heavy atom. The topological polar surface area (TPSA) is 72.1 Å². The molecule has 7 nitrogen and oxygen atoms in total. The van der Waals surface area contributed by atoms with Gasteiger partial charge in [0, 0.05) is 12.6 Å². The van der Waals surface area contributed by atoms with Crippen LogP contribution in [0.2, 0.25) is 0 Å². The van der Waals surface area contributed by atoms with Crippen LogP contribution in [0, 0.1) is 12.7 Å². The van der Waals surface area contributed by atoms with E-state index in [-0.39, 0.29) is 12.4 Å². The Bertz CT molecular complexity index is 1230. The molecule has 3 aromatic rings. The minimum Gasteiger partial charge on any atom is -0.495 e. The maximum absolute atomic E-state index is 13.5. The van der Waals surface area contributed by atoms with Crippen molar-refractivity contribution in [3.8, 4) is 11.4 Å². The number of hydroxylamine groups is 2. The van der Waals surface area contributed by atoms with Gasteiger partial charge in [-0.2, -0.15) is 0 Å². The predicted octanol–water partition coefficient (Wildman–Crippen LogP) is 3.65. The van der Waals surface area contributed by atoms with Gasteiger partial charge in [-0.15, -0.1) is 0 Å². The molecule has 0 bridgehead atoms. The first-order valence-corrected chi connectivity index (χ1v) is 10.8. The molecule has 1 fully saturated rings. The van der Waals surface area contributed by atoms with Gasteiger partial charge in [-0.1, -0.05) is 18.2 Å². The van der Waals surface area contributed by atoms with Gasteiger partial charge >= 0.3 is 0 Å². The number of aliphatic imine (C=N–C) groups is 1. The van der Waals surface area contributed by atoms with Crippen molar-refractivity contribution in [2.75, 3.05) is 26.9 Å². The number of ether oxygens (including phenoxy) is 1. The molecule has 1 unspecified atom stereocenters. The molecular weight excluding hydrogens is 423 g/mol. The van der Waals surface area contributed by atoms with Crippen LogP contribution in [0.5, 0.6) is 5.75 Å². The summed E-state index contributed by atoms with van der Waals surface area (Å²) in [4.78, 5) is 15.0. The number of methoxy groups -OCH3 is 1. The normalized spacial score (nSPS) is 21.3. The molecule has 1 atom stereocenters. The molecule has 2 aliphatic heterocycles. The summed E-state index contributed by atoms with van der Waals surface area (Å²) in [7, 11) is 1.65. The van der Waals surface area contributed by atoms with E-state index in [2.05, 4.69) is 11.1 Å². The Morgan fingerprint density at radius 1 is 1.24 bits per heavy atom. The van der Waals surface area contributed by atoms with Crippen LogP contribution in [0.15, 0.2) is 65.6 Å². The molecule has 0 aliphatic carbocycles. The van der Waals surface area contributed by atoms with E-state index >= 15 is 0 Å². The van der Waals surface area contributed by atoms with Gasteiger partial charge in [0.15, 0.2) is 5.84 Å². The summed E-state index contributed by atoms with van der Waals surface area (Å²) in [5.41, 5.74) is 3.69. The summed E-state index contributed by atoms with van der Waals surface area (Å²) in [6, 6.07) is 12.1. The van der Waals surface area contributed by atoms with Gasteiger partial charge in [-0.3, -0.25) is 9.83 Å². The van der Waals surface area contributed by atoms with Gasteiger partial charge in [-0.05, 0) is 54.0 Å². The van der Waals surface area contributed by atoms with Gasteiger partial charge < -0.3 is 14.4 Å². The number of aliphatic hydroxyl groups excluding tert-OH is 1. The quantitative estimate of drug-likeness (QED) is 0.645. The van der Waals surface area contributed by atoms with Crippen LogP contribution < -0.4 is 4.74 Å². The lowest BCUT2D eigenvalue weighted by molar-refractivity contribution is -0.176. The van der Waals surface area contributed by atoms with Gasteiger partial charge in [-0.25, -0.2) is 14.4 Å². The number of hydrogen-bond donors (Lipinski definition) is 1. The number of aromatic nitrogens is 2. The fraction of sp³-hybridized carbons (Fsp3) is 0.280. The molecule has 0 spiro atoms. The Labute approximate surface area is 191 Å². The Morgan fingerprint density at radius 2 is 2.06 bits per heavy atom. The molecule has 1 saturated heterocycles.